The number of likely N-dealkylation sites (N-methyl/N-ethyl adjacent to an activating group) is 1. The smallest absolute Gasteiger partial charge is 0.327 e. The van der Waals surface area contributed by atoms with Gasteiger partial charge in [-0.2, -0.15) is 0 Å². The Morgan fingerprint density at radius 2 is 2.14 bits per heavy atom. The molecule has 1 atom stereocenters. The normalized spacial score (nSPS) is 16.4. The molecule has 1 fully saturated rings. The number of urea groups is 1. The van der Waals surface area contributed by atoms with Gasteiger partial charge in [0.1, 0.15) is 6.54 Å². The molecule has 1 aliphatic rings. The molecule has 120 valence electrons. The topological polar surface area (TPSA) is 106 Å². The van der Waals surface area contributed by atoms with Gasteiger partial charge in [0.2, 0.25) is 5.91 Å². The number of amides is 4. The summed E-state index contributed by atoms with van der Waals surface area (Å²) >= 11 is 0. The number of carbonyl (C=O) groups excluding carboxylic acids is 3. The van der Waals surface area contributed by atoms with Crippen molar-refractivity contribution >= 4 is 17.8 Å². The highest BCUT2D eigenvalue weighted by Crippen LogP contribution is 2.12. The zero-order valence-electron chi connectivity index (χ0n) is 12.8. The molecule has 0 aromatic carbocycles. The highest BCUT2D eigenvalue weighted by atomic mass is 16.3. The molecular weight excluding hydrogens is 288 g/mol. The number of aromatic nitrogens is 1. The van der Waals surface area contributed by atoms with Crippen molar-refractivity contribution in [2.24, 2.45) is 0 Å². The number of carbonyl (C=O) groups is 3. The molecule has 8 nitrogen and oxygen atoms in total. The first-order valence-corrected chi connectivity index (χ1v) is 6.97. The van der Waals surface area contributed by atoms with Crippen molar-refractivity contribution in [1.29, 1.82) is 0 Å². The standard InChI is InChI=1S/C14H20N4O4/c1-8-4-15-9(2)12(8)13(21)16-5-10(19)6-18-11(20)7-17(3)14(18)22/h4,10,15,19H,5-7H2,1-3H3,(H,16,21). The molecule has 0 aliphatic carbocycles. The molecule has 0 spiro atoms. The van der Waals surface area contributed by atoms with E-state index in [1.807, 2.05) is 6.92 Å². The van der Waals surface area contributed by atoms with Crippen LogP contribution >= 0.6 is 0 Å². The molecule has 1 aromatic heterocycles. The molecule has 1 unspecified atom stereocenters. The molecule has 2 rings (SSSR count). The van der Waals surface area contributed by atoms with Crippen LogP contribution in [0.2, 0.25) is 0 Å². The van der Waals surface area contributed by atoms with E-state index in [0.29, 0.717) is 5.56 Å². The zero-order chi connectivity index (χ0) is 16.4. The molecule has 22 heavy (non-hydrogen) atoms. The summed E-state index contributed by atoms with van der Waals surface area (Å²) in [6.45, 7) is 3.44. The van der Waals surface area contributed by atoms with Crippen LogP contribution in [0.4, 0.5) is 4.79 Å². The lowest BCUT2D eigenvalue weighted by Crippen LogP contribution is -2.43. The van der Waals surface area contributed by atoms with Crippen molar-refractivity contribution in [1.82, 2.24) is 20.1 Å². The Bertz CT molecular complexity index is 590. The van der Waals surface area contributed by atoms with Crippen LogP contribution in [0.1, 0.15) is 21.6 Å². The quantitative estimate of drug-likeness (QED) is 0.644. The van der Waals surface area contributed by atoms with E-state index in [1.165, 1.54) is 11.9 Å². The predicted molar refractivity (Wildman–Crippen MR) is 78.3 cm³/mol. The molecule has 3 N–H and O–H groups in total. The average Bonchev–Trinajstić information content (AvgIpc) is 2.90. The minimum atomic E-state index is -1.01. The molecule has 8 heteroatoms. The van der Waals surface area contributed by atoms with Crippen molar-refractivity contribution in [2.45, 2.75) is 20.0 Å². The Labute approximate surface area is 128 Å². The third-order valence-electron chi connectivity index (χ3n) is 3.62. The van der Waals surface area contributed by atoms with Gasteiger partial charge in [-0.25, -0.2) is 4.79 Å². The van der Waals surface area contributed by atoms with E-state index in [-0.39, 0.29) is 31.4 Å². The van der Waals surface area contributed by atoms with Crippen LogP contribution in [-0.4, -0.2) is 70.5 Å². The third-order valence-corrected chi connectivity index (χ3v) is 3.62. The fourth-order valence-electron chi connectivity index (χ4n) is 2.43. The first-order valence-electron chi connectivity index (χ1n) is 6.97. The van der Waals surface area contributed by atoms with E-state index < -0.39 is 12.1 Å². The number of nitrogens with zero attached hydrogens (tertiary/aromatic N) is 2. The van der Waals surface area contributed by atoms with Gasteiger partial charge in [-0.3, -0.25) is 14.5 Å². The minimum absolute atomic E-state index is 0.0135. The monoisotopic (exact) mass is 308 g/mol. The lowest BCUT2D eigenvalue weighted by molar-refractivity contribution is -0.126. The predicted octanol–water partition coefficient (Wildman–Crippen LogP) is -0.384. The first kappa shape index (κ1) is 16.0. The number of hydrogen-bond donors (Lipinski definition) is 3. The Balaban J connectivity index is 1.88. The summed E-state index contributed by atoms with van der Waals surface area (Å²) in [5, 5.41) is 12.5. The van der Waals surface area contributed by atoms with Crippen LogP contribution in [0.5, 0.6) is 0 Å². The minimum Gasteiger partial charge on any atom is -0.389 e. The maximum absolute atomic E-state index is 12.1. The van der Waals surface area contributed by atoms with Crippen LogP contribution in [-0.2, 0) is 4.79 Å². The molecule has 2 heterocycles. The van der Waals surface area contributed by atoms with Crippen LogP contribution in [0.25, 0.3) is 0 Å². The van der Waals surface area contributed by atoms with Crippen molar-refractivity contribution < 1.29 is 19.5 Å². The van der Waals surface area contributed by atoms with Crippen LogP contribution in [0.3, 0.4) is 0 Å². The van der Waals surface area contributed by atoms with Crippen molar-refractivity contribution in [3.63, 3.8) is 0 Å². The largest absolute Gasteiger partial charge is 0.389 e. The number of aliphatic hydroxyl groups excluding tert-OH is 1. The number of β-amino-alcohol motifs (C(OH)–C–C–N with tert-alkyl or cyclic N) is 1. The lowest BCUT2D eigenvalue weighted by atomic mass is 10.1. The number of aromatic amines is 1. The van der Waals surface area contributed by atoms with Gasteiger partial charge < -0.3 is 20.3 Å². The lowest BCUT2D eigenvalue weighted by Gasteiger charge is -2.18. The van der Waals surface area contributed by atoms with Gasteiger partial charge in [0.05, 0.1) is 18.2 Å². The average molecular weight is 308 g/mol. The van der Waals surface area contributed by atoms with Gasteiger partial charge in [0.15, 0.2) is 0 Å². The van der Waals surface area contributed by atoms with E-state index in [4.69, 9.17) is 0 Å². The summed E-state index contributed by atoms with van der Waals surface area (Å²) < 4.78 is 0. The summed E-state index contributed by atoms with van der Waals surface area (Å²) in [5.74, 6) is -0.651. The number of hydrogen-bond acceptors (Lipinski definition) is 4. The molecule has 1 saturated heterocycles. The molecule has 0 saturated carbocycles. The molecule has 0 radical (unpaired) electrons. The Morgan fingerprint density at radius 3 is 2.64 bits per heavy atom. The molecule has 1 aliphatic heterocycles. The number of rotatable bonds is 5. The number of aliphatic hydroxyl groups is 1. The maximum atomic E-state index is 12.1. The SMILES string of the molecule is Cc1c[nH]c(C)c1C(=O)NCC(O)CN1C(=O)CN(C)C1=O. The van der Waals surface area contributed by atoms with Gasteiger partial charge in [0.25, 0.3) is 5.91 Å². The van der Waals surface area contributed by atoms with Crippen molar-refractivity contribution in [3.05, 3.63) is 23.0 Å². The number of imide groups is 1. The summed E-state index contributed by atoms with van der Waals surface area (Å²) in [6, 6.07) is -0.437. The van der Waals surface area contributed by atoms with Gasteiger partial charge in [-0.05, 0) is 19.4 Å². The number of nitrogens with one attached hydrogen (secondary N) is 2. The molecule has 4 amide bonds. The summed E-state index contributed by atoms with van der Waals surface area (Å²) in [4.78, 5) is 40.6. The van der Waals surface area contributed by atoms with Crippen molar-refractivity contribution in [3.8, 4) is 0 Å². The van der Waals surface area contributed by atoms with Gasteiger partial charge in [-0.15, -0.1) is 0 Å². The zero-order valence-corrected chi connectivity index (χ0v) is 12.8. The van der Waals surface area contributed by atoms with Crippen molar-refractivity contribution in [2.75, 3.05) is 26.7 Å². The van der Waals surface area contributed by atoms with E-state index in [9.17, 15) is 19.5 Å². The highest BCUT2D eigenvalue weighted by molar-refractivity contribution is 6.01. The Hall–Kier alpha value is -2.35. The second-order valence-electron chi connectivity index (χ2n) is 5.48. The second-order valence-corrected chi connectivity index (χ2v) is 5.48. The van der Waals surface area contributed by atoms with Gasteiger partial charge in [-0.1, -0.05) is 0 Å². The van der Waals surface area contributed by atoms with Crippen LogP contribution < -0.4 is 5.32 Å². The van der Waals surface area contributed by atoms with Gasteiger partial charge >= 0.3 is 6.03 Å². The van der Waals surface area contributed by atoms with E-state index in [0.717, 1.165) is 16.2 Å². The Kier molecular flexibility index (Phi) is 4.51. The van der Waals surface area contributed by atoms with Crippen LogP contribution in [0, 0.1) is 13.8 Å². The number of H-pyrrole nitrogens is 1. The maximum Gasteiger partial charge on any atom is 0.327 e. The Morgan fingerprint density at radius 1 is 1.45 bits per heavy atom. The van der Waals surface area contributed by atoms with Gasteiger partial charge in [0, 0.05) is 25.5 Å². The summed E-state index contributed by atoms with van der Waals surface area (Å²) in [7, 11) is 1.52. The van der Waals surface area contributed by atoms with E-state index >= 15 is 0 Å². The summed E-state index contributed by atoms with van der Waals surface area (Å²) in [6.07, 6.45) is 0.723. The fourth-order valence-corrected chi connectivity index (χ4v) is 2.43. The summed E-state index contributed by atoms with van der Waals surface area (Å²) in [5.41, 5.74) is 2.10. The molecule has 0 bridgehead atoms. The highest BCUT2D eigenvalue weighted by Gasteiger charge is 2.34. The fraction of sp³-hybridized carbons (Fsp3) is 0.500. The van der Waals surface area contributed by atoms with E-state index in [1.54, 1.807) is 13.1 Å². The third kappa shape index (κ3) is 3.11. The molecular formula is C14H20N4O4. The number of aryl methyl sites for hydroxylation is 2. The van der Waals surface area contributed by atoms with Crippen LogP contribution in [0.15, 0.2) is 6.20 Å². The second kappa shape index (κ2) is 6.18. The van der Waals surface area contributed by atoms with E-state index in [2.05, 4.69) is 10.3 Å². The first-order chi connectivity index (χ1) is 10.3. The molecule has 1 aromatic rings.